The van der Waals surface area contributed by atoms with Crippen LogP contribution in [-0.2, 0) is 14.3 Å². The number of carbonyl (C=O) groups excluding carboxylic acids is 2. The third-order valence-electron chi connectivity index (χ3n) is 3.10. The van der Waals surface area contributed by atoms with Crippen molar-refractivity contribution in [3.8, 4) is 0 Å². The van der Waals surface area contributed by atoms with Crippen LogP contribution in [0.5, 0.6) is 0 Å². The van der Waals surface area contributed by atoms with Crippen molar-refractivity contribution in [3.63, 3.8) is 0 Å². The second-order valence-corrected chi connectivity index (χ2v) is 4.56. The number of nitrogens with zero attached hydrogens (tertiary/aromatic N) is 1. The monoisotopic (exact) mass is 296 g/mol. The van der Waals surface area contributed by atoms with E-state index in [0.29, 0.717) is 12.1 Å². The van der Waals surface area contributed by atoms with Gasteiger partial charge in [-0.2, -0.15) is 0 Å². The van der Waals surface area contributed by atoms with Crippen LogP contribution in [0.1, 0.15) is 16.8 Å². The van der Waals surface area contributed by atoms with Crippen LogP contribution < -0.4 is 5.32 Å². The molecule has 1 aromatic heterocycles. The van der Waals surface area contributed by atoms with Gasteiger partial charge in [0.25, 0.3) is 5.91 Å². The van der Waals surface area contributed by atoms with Crippen LogP contribution in [0.4, 0.5) is 0 Å². The molecule has 0 saturated carbocycles. The number of morpholine rings is 1. The minimum atomic E-state index is -1.08. The first-order valence-corrected chi connectivity index (χ1v) is 6.50. The maximum atomic E-state index is 11.9. The molecule has 2 N–H and O–H groups in total. The van der Waals surface area contributed by atoms with Crippen LogP contribution in [-0.4, -0.2) is 60.1 Å². The summed E-state index contributed by atoms with van der Waals surface area (Å²) >= 11 is 0. The second kappa shape index (κ2) is 6.89. The van der Waals surface area contributed by atoms with Gasteiger partial charge in [0.15, 0.2) is 6.10 Å². The molecule has 1 atom stereocenters. The lowest BCUT2D eigenvalue weighted by molar-refractivity contribution is -0.159. The summed E-state index contributed by atoms with van der Waals surface area (Å²) in [6.45, 7) is 0.768. The molecule has 114 valence electrons. The third-order valence-corrected chi connectivity index (χ3v) is 3.10. The molecule has 8 nitrogen and oxygen atoms in total. The Kier molecular flexibility index (Phi) is 4.94. The molecule has 1 unspecified atom stereocenters. The van der Waals surface area contributed by atoms with Crippen LogP contribution in [0.25, 0.3) is 0 Å². The first kappa shape index (κ1) is 15.0. The van der Waals surface area contributed by atoms with Crippen LogP contribution in [0.15, 0.2) is 23.0 Å². The number of carboxylic acids is 1. The third kappa shape index (κ3) is 4.06. The van der Waals surface area contributed by atoms with Gasteiger partial charge < -0.3 is 24.5 Å². The van der Waals surface area contributed by atoms with Crippen molar-refractivity contribution in [2.45, 2.75) is 12.5 Å². The van der Waals surface area contributed by atoms with Crippen LogP contribution in [0.3, 0.4) is 0 Å². The average Bonchev–Trinajstić information content (AvgIpc) is 3.01. The van der Waals surface area contributed by atoms with Crippen molar-refractivity contribution in [1.82, 2.24) is 10.2 Å². The fourth-order valence-corrected chi connectivity index (χ4v) is 1.96. The summed E-state index contributed by atoms with van der Waals surface area (Å²) in [6, 6.07) is 1.52. The molecule has 1 fully saturated rings. The van der Waals surface area contributed by atoms with Gasteiger partial charge in [0.1, 0.15) is 6.26 Å². The fraction of sp³-hybridized carbons (Fsp3) is 0.462. The molecule has 1 aliphatic rings. The number of rotatable bonds is 5. The van der Waals surface area contributed by atoms with Gasteiger partial charge in [-0.1, -0.05) is 0 Å². The highest BCUT2D eigenvalue weighted by Gasteiger charge is 2.28. The molecule has 0 aliphatic carbocycles. The number of amides is 2. The summed E-state index contributed by atoms with van der Waals surface area (Å²) in [5, 5.41) is 11.5. The van der Waals surface area contributed by atoms with Crippen LogP contribution in [0.2, 0.25) is 0 Å². The molecule has 0 aromatic carbocycles. The Morgan fingerprint density at radius 1 is 1.43 bits per heavy atom. The summed E-state index contributed by atoms with van der Waals surface area (Å²) in [7, 11) is 0. The minimum absolute atomic E-state index is 0.0316. The molecule has 2 amide bonds. The van der Waals surface area contributed by atoms with Gasteiger partial charge in [0, 0.05) is 19.5 Å². The van der Waals surface area contributed by atoms with Gasteiger partial charge in [-0.05, 0) is 6.07 Å². The predicted octanol–water partition coefficient (Wildman–Crippen LogP) is -0.288. The summed E-state index contributed by atoms with van der Waals surface area (Å²) in [4.78, 5) is 35.8. The highest BCUT2D eigenvalue weighted by atomic mass is 16.5. The summed E-state index contributed by atoms with van der Waals surface area (Å²) < 4.78 is 9.82. The van der Waals surface area contributed by atoms with Gasteiger partial charge in [0.2, 0.25) is 5.91 Å². The van der Waals surface area contributed by atoms with E-state index in [1.165, 1.54) is 23.5 Å². The zero-order valence-corrected chi connectivity index (χ0v) is 11.3. The lowest BCUT2D eigenvalue weighted by atomic mass is 10.2. The molecule has 0 spiro atoms. The highest BCUT2D eigenvalue weighted by Crippen LogP contribution is 2.07. The molecule has 1 aliphatic heterocycles. The molecule has 2 heterocycles. The van der Waals surface area contributed by atoms with Crippen LogP contribution >= 0.6 is 0 Å². The fourth-order valence-electron chi connectivity index (χ4n) is 1.96. The molecular formula is C13H16N2O6. The van der Waals surface area contributed by atoms with Crippen molar-refractivity contribution in [3.05, 3.63) is 24.2 Å². The van der Waals surface area contributed by atoms with Crippen molar-refractivity contribution in [2.24, 2.45) is 0 Å². The number of carboxylic acid groups (broad SMARTS) is 1. The molecule has 2 rings (SSSR count). The van der Waals surface area contributed by atoms with E-state index in [1.807, 2.05) is 0 Å². The quantitative estimate of drug-likeness (QED) is 0.773. The summed E-state index contributed by atoms with van der Waals surface area (Å²) in [5.41, 5.74) is 0.389. The Hall–Kier alpha value is -2.35. The zero-order valence-electron chi connectivity index (χ0n) is 11.3. The summed E-state index contributed by atoms with van der Waals surface area (Å²) in [5.74, 6) is -1.61. The predicted molar refractivity (Wildman–Crippen MR) is 69.6 cm³/mol. The van der Waals surface area contributed by atoms with E-state index in [-0.39, 0.29) is 37.9 Å². The Morgan fingerprint density at radius 3 is 2.90 bits per heavy atom. The minimum Gasteiger partial charge on any atom is -0.479 e. The lowest BCUT2D eigenvalue weighted by Crippen LogP contribution is -2.49. The zero-order chi connectivity index (χ0) is 15.2. The SMILES string of the molecule is O=C(NCCC(=O)N1CCOC(C(=O)O)C1)c1ccoc1. The van der Waals surface area contributed by atoms with E-state index in [2.05, 4.69) is 5.32 Å². The summed E-state index contributed by atoms with van der Waals surface area (Å²) in [6.07, 6.45) is 1.83. The van der Waals surface area contributed by atoms with Crippen molar-refractivity contribution < 1.29 is 28.6 Å². The topological polar surface area (TPSA) is 109 Å². The molecule has 0 bridgehead atoms. The Balaban J connectivity index is 1.74. The number of furan rings is 1. The van der Waals surface area contributed by atoms with E-state index >= 15 is 0 Å². The van der Waals surface area contributed by atoms with Gasteiger partial charge in [-0.25, -0.2) is 4.79 Å². The Labute approximate surface area is 120 Å². The standard InChI is InChI=1S/C13H16N2O6/c16-11(15-4-6-21-10(7-15)13(18)19)1-3-14-12(17)9-2-5-20-8-9/h2,5,8,10H,1,3-4,6-7H2,(H,14,17)(H,18,19). The highest BCUT2D eigenvalue weighted by molar-refractivity contribution is 5.94. The molecule has 0 radical (unpaired) electrons. The van der Waals surface area contributed by atoms with Crippen molar-refractivity contribution >= 4 is 17.8 Å². The normalized spacial score (nSPS) is 18.3. The van der Waals surface area contributed by atoms with Crippen LogP contribution in [0, 0.1) is 0 Å². The number of hydrogen-bond acceptors (Lipinski definition) is 5. The Bertz CT molecular complexity index is 513. The molecular weight excluding hydrogens is 280 g/mol. The van der Waals surface area contributed by atoms with Gasteiger partial charge >= 0.3 is 5.97 Å². The molecule has 1 saturated heterocycles. The van der Waals surface area contributed by atoms with E-state index in [1.54, 1.807) is 0 Å². The number of nitrogens with one attached hydrogen (secondary N) is 1. The Morgan fingerprint density at radius 2 is 2.24 bits per heavy atom. The number of ether oxygens (including phenoxy) is 1. The molecule has 1 aromatic rings. The van der Waals surface area contributed by atoms with Crippen molar-refractivity contribution in [2.75, 3.05) is 26.2 Å². The maximum Gasteiger partial charge on any atom is 0.334 e. The number of hydrogen-bond donors (Lipinski definition) is 2. The second-order valence-electron chi connectivity index (χ2n) is 4.56. The smallest absolute Gasteiger partial charge is 0.334 e. The van der Waals surface area contributed by atoms with Gasteiger partial charge in [-0.3, -0.25) is 9.59 Å². The van der Waals surface area contributed by atoms with Gasteiger partial charge in [-0.15, -0.1) is 0 Å². The van der Waals surface area contributed by atoms with Gasteiger partial charge in [0.05, 0.1) is 25.0 Å². The molecule has 8 heteroatoms. The van der Waals surface area contributed by atoms with Crippen molar-refractivity contribution in [1.29, 1.82) is 0 Å². The van der Waals surface area contributed by atoms with E-state index in [4.69, 9.17) is 14.3 Å². The van der Waals surface area contributed by atoms with E-state index in [0.717, 1.165) is 0 Å². The lowest BCUT2D eigenvalue weighted by Gasteiger charge is -2.30. The number of carbonyl (C=O) groups is 3. The first-order valence-electron chi connectivity index (χ1n) is 6.50. The van der Waals surface area contributed by atoms with E-state index < -0.39 is 12.1 Å². The van der Waals surface area contributed by atoms with E-state index in [9.17, 15) is 14.4 Å². The first-order chi connectivity index (χ1) is 10.1. The maximum absolute atomic E-state index is 11.9. The molecule has 21 heavy (non-hydrogen) atoms. The number of aliphatic carboxylic acids is 1. The average molecular weight is 296 g/mol. The largest absolute Gasteiger partial charge is 0.479 e.